The first kappa shape index (κ1) is 10.1. The fourth-order valence-corrected chi connectivity index (χ4v) is 2.85. The van der Waals surface area contributed by atoms with E-state index in [0.717, 1.165) is 11.0 Å². The Morgan fingerprint density at radius 3 is 2.75 bits per heavy atom. The summed E-state index contributed by atoms with van der Waals surface area (Å²) in [5.41, 5.74) is 7.25. The van der Waals surface area contributed by atoms with Gasteiger partial charge in [-0.15, -0.1) is 0 Å². The molecule has 1 aromatic rings. The van der Waals surface area contributed by atoms with E-state index in [-0.39, 0.29) is 0 Å². The average Bonchev–Trinajstić information content (AvgIpc) is 3.04. The van der Waals surface area contributed by atoms with E-state index in [1.807, 2.05) is 6.07 Å². The molecule has 1 aromatic carbocycles. The van der Waals surface area contributed by atoms with Gasteiger partial charge in [0.05, 0.1) is 12.6 Å². The number of benzene rings is 1. The summed E-state index contributed by atoms with van der Waals surface area (Å²) >= 11 is 3.60. The zero-order chi connectivity index (χ0) is 11.1. The molecule has 16 heavy (non-hydrogen) atoms. The molecule has 0 radical (unpaired) electrons. The first-order chi connectivity index (χ1) is 7.77. The Morgan fingerprint density at radius 1 is 1.31 bits per heavy atom. The topological polar surface area (TPSA) is 41.6 Å². The van der Waals surface area contributed by atoms with Crippen LogP contribution in [0.5, 0.6) is 0 Å². The molecule has 1 saturated carbocycles. The van der Waals surface area contributed by atoms with Gasteiger partial charge >= 0.3 is 0 Å². The molecule has 3 rings (SSSR count). The van der Waals surface area contributed by atoms with Gasteiger partial charge in [0.15, 0.2) is 5.96 Å². The highest BCUT2D eigenvalue weighted by Crippen LogP contribution is 2.38. The van der Waals surface area contributed by atoms with Crippen molar-refractivity contribution in [2.24, 2.45) is 10.7 Å². The molecule has 2 N–H and O–H groups in total. The highest BCUT2D eigenvalue weighted by Gasteiger charge is 2.39. The van der Waals surface area contributed by atoms with Gasteiger partial charge in [-0.05, 0) is 24.5 Å². The minimum Gasteiger partial charge on any atom is -0.370 e. The van der Waals surface area contributed by atoms with Crippen LogP contribution >= 0.6 is 15.9 Å². The summed E-state index contributed by atoms with van der Waals surface area (Å²) in [5, 5.41) is 0. The molecule has 1 atom stereocenters. The second-order valence-corrected chi connectivity index (χ2v) is 5.23. The molecule has 1 unspecified atom stereocenters. The minimum absolute atomic E-state index is 0.322. The smallest absolute Gasteiger partial charge is 0.192 e. The number of nitrogens with two attached hydrogens (primary N) is 1. The molecule has 4 heteroatoms. The van der Waals surface area contributed by atoms with Crippen LogP contribution in [0.15, 0.2) is 33.7 Å². The molecule has 0 spiro atoms. The van der Waals surface area contributed by atoms with Crippen molar-refractivity contribution < 1.29 is 0 Å². The van der Waals surface area contributed by atoms with Gasteiger partial charge in [-0.1, -0.05) is 34.1 Å². The maximum Gasteiger partial charge on any atom is 0.192 e. The Hall–Kier alpha value is -1.03. The van der Waals surface area contributed by atoms with Gasteiger partial charge in [0, 0.05) is 10.5 Å². The number of halogens is 1. The van der Waals surface area contributed by atoms with Crippen molar-refractivity contribution in [3.63, 3.8) is 0 Å². The lowest BCUT2D eigenvalue weighted by atomic mass is 10.1. The summed E-state index contributed by atoms with van der Waals surface area (Å²) in [6.45, 7) is 0.783. The van der Waals surface area contributed by atoms with Crippen LogP contribution in [0.3, 0.4) is 0 Å². The number of guanidine groups is 1. The van der Waals surface area contributed by atoms with Gasteiger partial charge < -0.3 is 10.6 Å². The van der Waals surface area contributed by atoms with E-state index >= 15 is 0 Å². The molecule has 1 aliphatic carbocycles. The predicted octanol–water partition coefficient (Wildman–Crippen LogP) is 2.28. The fraction of sp³-hybridized carbons (Fsp3) is 0.417. The van der Waals surface area contributed by atoms with E-state index in [0.29, 0.717) is 18.0 Å². The number of nitrogens with zero attached hydrogens (tertiary/aromatic N) is 2. The van der Waals surface area contributed by atoms with E-state index in [1.54, 1.807) is 0 Å². The molecule has 0 amide bonds. The highest BCUT2D eigenvalue weighted by atomic mass is 79.9. The summed E-state index contributed by atoms with van der Waals surface area (Å²) in [7, 11) is 0. The van der Waals surface area contributed by atoms with Crippen molar-refractivity contribution in [1.82, 2.24) is 4.90 Å². The van der Waals surface area contributed by atoms with Crippen LogP contribution in [0, 0.1) is 0 Å². The number of hydrogen-bond donors (Lipinski definition) is 1. The summed E-state index contributed by atoms with van der Waals surface area (Å²) in [5.74, 6) is 0.711. The Morgan fingerprint density at radius 2 is 2.06 bits per heavy atom. The number of aliphatic imine (C=N–C) groups is 1. The van der Waals surface area contributed by atoms with Crippen LogP contribution in [-0.4, -0.2) is 23.4 Å². The number of hydrogen-bond acceptors (Lipinski definition) is 3. The van der Waals surface area contributed by atoms with Crippen LogP contribution in [0.2, 0.25) is 0 Å². The fourth-order valence-electron chi connectivity index (χ4n) is 2.30. The SMILES string of the molecule is NC1=NCC(c2ccccc2Br)N1C1CC1. The maximum absolute atomic E-state index is 5.96. The standard InChI is InChI=1S/C12H14BrN3/c13-10-4-2-1-3-9(10)11-7-15-12(14)16(11)8-5-6-8/h1-4,8,11H,5-7H2,(H2,14,15). The summed E-state index contributed by atoms with van der Waals surface area (Å²) in [6, 6.07) is 9.27. The first-order valence-electron chi connectivity index (χ1n) is 5.60. The maximum atomic E-state index is 5.96. The van der Waals surface area contributed by atoms with Gasteiger partial charge in [-0.3, -0.25) is 4.99 Å². The number of rotatable bonds is 2. The molecular weight excluding hydrogens is 266 g/mol. The highest BCUT2D eigenvalue weighted by molar-refractivity contribution is 9.10. The van der Waals surface area contributed by atoms with Crippen molar-refractivity contribution in [2.45, 2.75) is 24.9 Å². The van der Waals surface area contributed by atoms with Crippen molar-refractivity contribution in [3.05, 3.63) is 34.3 Å². The van der Waals surface area contributed by atoms with E-state index in [9.17, 15) is 0 Å². The van der Waals surface area contributed by atoms with E-state index in [2.05, 4.69) is 44.0 Å². The van der Waals surface area contributed by atoms with E-state index < -0.39 is 0 Å². The molecule has 1 fully saturated rings. The predicted molar refractivity (Wildman–Crippen MR) is 68.2 cm³/mol. The van der Waals surface area contributed by atoms with Crippen LogP contribution in [0.4, 0.5) is 0 Å². The van der Waals surface area contributed by atoms with Gasteiger partial charge in [0.1, 0.15) is 0 Å². The molecule has 2 aliphatic rings. The van der Waals surface area contributed by atoms with Crippen LogP contribution in [0.1, 0.15) is 24.4 Å². The first-order valence-corrected chi connectivity index (χ1v) is 6.39. The molecule has 1 aliphatic heterocycles. The zero-order valence-corrected chi connectivity index (χ0v) is 10.5. The normalized spacial score (nSPS) is 24.7. The van der Waals surface area contributed by atoms with Crippen molar-refractivity contribution in [1.29, 1.82) is 0 Å². The second-order valence-electron chi connectivity index (χ2n) is 4.37. The average molecular weight is 280 g/mol. The third kappa shape index (κ3) is 1.61. The molecular formula is C12H14BrN3. The Balaban J connectivity index is 1.93. The third-order valence-electron chi connectivity index (χ3n) is 3.23. The largest absolute Gasteiger partial charge is 0.370 e. The van der Waals surface area contributed by atoms with E-state index in [4.69, 9.17) is 5.73 Å². The van der Waals surface area contributed by atoms with Crippen molar-refractivity contribution in [3.8, 4) is 0 Å². The Labute approximate surface area is 103 Å². The van der Waals surface area contributed by atoms with Crippen molar-refractivity contribution in [2.75, 3.05) is 6.54 Å². The monoisotopic (exact) mass is 279 g/mol. The Kier molecular flexibility index (Phi) is 2.39. The van der Waals surface area contributed by atoms with E-state index in [1.165, 1.54) is 18.4 Å². The third-order valence-corrected chi connectivity index (χ3v) is 3.95. The van der Waals surface area contributed by atoms with Crippen LogP contribution in [-0.2, 0) is 0 Å². The lowest BCUT2D eigenvalue weighted by Gasteiger charge is -2.27. The molecule has 84 valence electrons. The molecule has 0 aromatic heterocycles. The van der Waals surface area contributed by atoms with Crippen LogP contribution in [0.25, 0.3) is 0 Å². The minimum atomic E-state index is 0.322. The van der Waals surface area contributed by atoms with Gasteiger partial charge in [0.25, 0.3) is 0 Å². The Bertz CT molecular complexity index is 440. The second kappa shape index (κ2) is 3.77. The van der Waals surface area contributed by atoms with Crippen LogP contribution < -0.4 is 5.73 Å². The molecule has 0 bridgehead atoms. The molecule has 3 nitrogen and oxygen atoms in total. The summed E-state index contributed by atoms with van der Waals surface area (Å²) < 4.78 is 1.15. The lowest BCUT2D eigenvalue weighted by Crippen LogP contribution is -2.37. The van der Waals surface area contributed by atoms with Gasteiger partial charge in [-0.2, -0.15) is 0 Å². The van der Waals surface area contributed by atoms with Gasteiger partial charge in [0.2, 0.25) is 0 Å². The quantitative estimate of drug-likeness (QED) is 0.903. The molecule has 1 heterocycles. The lowest BCUT2D eigenvalue weighted by molar-refractivity contribution is 0.337. The summed E-state index contributed by atoms with van der Waals surface area (Å²) in [4.78, 5) is 6.66. The zero-order valence-electron chi connectivity index (χ0n) is 8.94. The van der Waals surface area contributed by atoms with Crippen molar-refractivity contribution >= 4 is 21.9 Å². The molecule has 0 saturated heterocycles. The summed E-state index contributed by atoms with van der Waals surface area (Å²) in [6.07, 6.45) is 2.49. The van der Waals surface area contributed by atoms with Gasteiger partial charge in [-0.25, -0.2) is 0 Å².